The molecular weight excluding hydrogens is 717 g/mol. The summed E-state index contributed by atoms with van der Waals surface area (Å²) in [6.45, 7) is 14.7. The average molecular weight is 791 g/mol. The highest BCUT2D eigenvalue weighted by Crippen LogP contribution is 2.68. The van der Waals surface area contributed by atoms with Gasteiger partial charge in [-0.3, -0.25) is 0 Å². The van der Waals surface area contributed by atoms with Crippen LogP contribution in [0.4, 0.5) is 0 Å². The summed E-state index contributed by atoms with van der Waals surface area (Å²) < 4.78 is 33.9. The fraction of sp³-hybridized carbons (Fsp3) is 0.660. The van der Waals surface area contributed by atoms with Gasteiger partial charge in [-0.2, -0.15) is 0 Å². The summed E-state index contributed by atoms with van der Waals surface area (Å²) >= 11 is 0. The fourth-order valence-electron chi connectivity index (χ4n) is 13.3. The maximum Gasteiger partial charge on any atom is 0.187 e. The van der Waals surface area contributed by atoms with Crippen LogP contribution < -0.4 is 0 Å². The van der Waals surface area contributed by atoms with Crippen molar-refractivity contribution >= 4 is 0 Å². The quantitative estimate of drug-likeness (QED) is 0.136. The van der Waals surface area contributed by atoms with Crippen molar-refractivity contribution in [2.45, 2.75) is 162 Å². The summed E-state index contributed by atoms with van der Waals surface area (Å²) in [4.78, 5) is 0. The van der Waals surface area contributed by atoms with E-state index in [0.717, 1.165) is 65.0 Å². The molecule has 4 aliphatic carbocycles. The summed E-state index contributed by atoms with van der Waals surface area (Å²) in [6, 6.07) is 31.2. The first-order chi connectivity index (χ1) is 28.2. The monoisotopic (exact) mass is 791 g/mol. The van der Waals surface area contributed by atoms with E-state index in [9.17, 15) is 0 Å². The molecule has 0 spiro atoms. The van der Waals surface area contributed by atoms with E-state index in [2.05, 4.69) is 113 Å². The normalized spacial score (nSPS) is 36.3. The average Bonchev–Trinajstić information content (AvgIpc) is 3.76. The van der Waals surface area contributed by atoms with E-state index in [4.69, 9.17) is 23.7 Å². The molecule has 5 aliphatic rings. The number of fused-ring (bicyclic) bond motifs is 5. The Morgan fingerprint density at radius 2 is 1.24 bits per heavy atom. The zero-order valence-corrected chi connectivity index (χ0v) is 36.4. The molecule has 0 aromatic heterocycles. The molecule has 1 heterocycles. The third kappa shape index (κ3) is 9.35. The molecule has 0 N–H and O–H groups in total. The lowest BCUT2D eigenvalue weighted by Crippen LogP contribution is -2.54. The molecule has 13 atom stereocenters. The Morgan fingerprint density at radius 3 is 1.90 bits per heavy atom. The minimum atomic E-state index is -0.520. The van der Waals surface area contributed by atoms with Crippen LogP contribution in [0.1, 0.15) is 128 Å². The second-order valence-corrected chi connectivity index (χ2v) is 20.3. The van der Waals surface area contributed by atoms with Crippen molar-refractivity contribution in [2.24, 2.45) is 52.3 Å². The van der Waals surface area contributed by atoms with Crippen LogP contribution in [0, 0.1) is 52.3 Å². The van der Waals surface area contributed by atoms with Crippen LogP contribution in [0.5, 0.6) is 0 Å². The Bertz CT molecular complexity index is 1680. The maximum atomic E-state index is 7.15. The maximum absolute atomic E-state index is 7.15. The molecule has 1 aliphatic heterocycles. The van der Waals surface area contributed by atoms with Gasteiger partial charge in [0.2, 0.25) is 0 Å². The van der Waals surface area contributed by atoms with Crippen LogP contribution in [-0.2, 0) is 43.5 Å². The number of benzene rings is 3. The number of hydrogen-bond donors (Lipinski definition) is 0. The molecular formula is C53H74O5. The minimum Gasteiger partial charge on any atom is -0.374 e. The highest BCUT2D eigenvalue weighted by atomic mass is 16.7. The molecule has 3 aromatic rings. The molecule has 1 unspecified atom stereocenters. The Balaban J connectivity index is 0.945. The van der Waals surface area contributed by atoms with Gasteiger partial charge in [-0.25, -0.2) is 0 Å². The molecule has 1 saturated heterocycles. The largest absolute Gasteiger partial charge is 0.374 e. The Morgan fingerprint density at radius 1 is 0.638 bits per heavy atom. The van der Waals surface area contributed by atoms with Crippen molar-refractivity contribution in [1.82, 2.24) is 0 Å². The molecule has 4 saturated carbocycles. The van der Waals surface area contributed by atoms with E-state index in [0.29, 0.717) is 43.2 Å². The lowest BCUT2D eigenvalue weighted by molar-refractivity contribution is -0.225. The lowest BCUT2D eigenvalue weighted by atomic mass is 9.44. The Kier molecular flexibility index (Phi) is 13.8. The summed E-state index contributed by atoms with van der Waals surface area (Å²) in [5.74, 6) is 5.97. The molecule has 5 fully saturated rings. The Hall–Kier alpha value is -2.54. The predicted octanol–water partition coefficient (Wildman–Crippen LogP) is 12.6. The molecule has 0 bridgehead atoms. The molecule has 316 valence electrons. The summed E-state index contributed by atoms with van der Waals surface area (Å²) in [7, 11) is 0. The van der Waals surface area contributed by atoms with E-state index in [-0.39, 0.29) is 24.4 Å². The molecule has 0 amide bonds. The van der Waals surface area contributed by atoms with Gasteiger partial charge < -0.3 is 23.7 Å². The highest BCUT2D eigenvalue weighted by Gasteiger charge is 2.61. The molecule has 0 radical (unpaired) electrons. The smallest absolute Gasteiger partial charge is 0.187 e. The summed E-state index contributed by atoms with van der Waals surface area (Å²) in [5, 5.41) is 0. The number of rotatable bonds is 17. The fourth-order valence-corrected chi connectivity index (χ4v) is 13.3. The van der Waals surface area contributed by atoms with Gasteiger partial charge in [-0.15, -0.1) is 0 Å². The van der Waals surface area contributed by atoms with Gasteiger partial charge >= 0.3 is 0 Å². The standard InChI is InChI=1S/C53H74O5/c1-37(2)16-15-17-38(3)45-26-27-46-44-25-24-42-32-43(28-30-52(42,4)47(44)29-31-53(45,46)5)57-51-50(56-35-41-22-13-8-14-23-41)49(55-34-40-20-11-7-12-21-40)48(58-51)36-54-33-39-18-9-6-10-19-39/h6-14,18-23,37-38,42-51H,15-17,24-36H2,1-5H3/t38-,42?,43+,44+,45-,46+,47+,48-,49-,50-,51+,52+,53-/m1/s1. The third-order valence-electron chi connectivity index (χ3n) is 16.4. The van der Waals surface area contributed by atoms with Crippen molar-refractivity contribution in [3.63, 3.8) is 0 Å². The molecule has 3 aromatic carbocycles. The van der Waals surface area contributed by atoms with Crippen LogP contribution in [0.3, 0.4) is 0 Å². The van der Waals surface area contributed by atoms with Gasteiger partial charge in [0.15, 0.2) is 6.29 Å². The van der Waals surface area contributed by atoms with E-state index >= 15 is 0 Å². The van der Waals surface area contributed by atoms with E-state index in [1.807, 2.05) is 12.1 Å². The van der Waals surface area contributed by atoms with Crippen molar-refractivity contribution in [1.29, 1.82) is 0 Å². The van der Waals surface area contributed by atoms with Crippen LogP contribution in [0.2, 0.25) is 0 Å². The molecule has 5 nitrogen and oxygen atoms in total. The minimum absolute atomic E-state index is 0.151. The second-order valence-electron chi connectivity index (χ2n) is 20.3. The van der Waals surface area contributed by atoms with Gasteiger partial charge in [0.05, 0.1) is 32.5 Å². The van der Waals surface area contributed by atoms with Gasteiger partial charge in [-0.1, -0.05) is 145 Å². The van der Waals surface area contributed by atoms with Crippen molar-refractivity contribution in [3.8, 4) is 0 Å². The lowest BCUT2D eigenvalue weighted by Gasteiger charge is -2.61. The van der Waals surface area contributed by atoms with E-state index < -0.39 is 6.29 Å². The van der Waals surface area contributed by atoms with Crippen LogP contribution in [0.25, 0.3) is 0 Å². The van der Waals surface area contributed by atoms with Gasteiger partial charge in [0.1, 0.15) is 18.3 Å². The molecule has 8 rings (SSSR count). The van der Waals surface area contributed by atoms with Crippen LogP contribution >= 0.6 is 0 Å². The van der Waals surface area contributed by atoms with Crippen molar-refractivity contribution < 1.29 is 23.7 Å². The highest BCUT2D eigenvalue weighted by molar-refractivity contribution is 5.16. The zero-order chi connectivity index (χ0) is 40.1. The predicted molar refractivity (Wildman–Crippen MR) is 233 cm³/mol. The van der Waals surface area contributed by atoms with Gasteiger partial charge in [-0.05, 0) is 127 Å². The first kappa shape index (κ1) is 42.2. The Labute approximate surface area is 351 Å². The van der Waals surface area contributed by atoms with Crippen LogP contribution in [0.15, 0.2) is 91.0 Å². The van der Waals surface area contributed by atoms with E-state index in [1.54, 1.807) is 0 Å². The van der Waals surface area contributed by atoms with E-state index in [1.165, 1.54) is 64.2 Å². The number of hydrogen-bond acceptors (Lipinski definition) is 5. The first-order valence-electron chi connectivity index (χ1n) is 23.4. The number of ether oxygens (including phenoxy) is 5. The van der Waals surface area contributed by atoms with Crippen molar-refractivity contribution in [3.05, 3.63) is 108 Å². The third-order valence-corrected chi connectivity index (χ3v) is 16.4. The molecule has 5 heteroatoms. The topological polar surface area (TPSA) is 46.2 Å². The van der Waals surface area contributed by atoms with Gasteiger partial charge in [0, 0.05) is 0 Å². The SMILES string of the molecule is CC(C)CCC[C@@H](C)[C@H]1CC[C@H]2[C@@H]3CCC4C[C@@H](O[C@H]5O[C@H](COCc6ccccc6)[C@@H](OCc6ccccc6)[C@H]5OCc5ccccc5)CC[C@]4(C)[C@H]3CC[C@]12C. The zero-order valence-electron chi connectivity index (χ0n) is 36.4. The first-order valence-corrected chi connectivity index (χ1v) is 23.4. The van der Waals surface area contributed by atoms with Gasteiger partial charge in [0.25, 0.3) is 0 Å². The summed E-state index contributed by atoms with van der Waals surface area (Å²) in [5.41, 5.74) is 4.35. The summed E-state index contributed by atoms with van der Waals surface area (Å²) in [6.07, 6.45) is 14.8. The second kappa shape index (κ2) is 19.0. The van der Waals surface area contributed by atoms with Crippen LogP contribution in [-0.4, -0.2) is 37.3 Å². The molecule has 58 heavy (non-hydrogen) atoms. The van der Waals surface area contributed by atoms with Crippen molar-refractivity contribution in [2.75, 3.05) is 6.61 Å².